The summed E-state index contributed by atoms with van der Waals surface area (Å²) in [6, 6.07) is 0. The molecule has 98 valence electrons. The fourth-order valence-electron chi connectivity index (χ4n) is 2.23. The number of ether oxygens (including phenoxy) is 1. The van der Waals surface area contributed by atoms with Gasteiger partial charge >= 0.3 is 11.9 Å². The van der Waals surface area contributed by atoms with Crippen molar-refractivity contribution in [1.29, 1.82) is 0 Å². The number of hydrogen-bond acceptors (Lipinski definition) is 3. The third-order valence-corrected chi connectivity index (χ3v) is 3.28. The zero-order chi connectivity index (χ0) is 13.0. The number of nitrogens with zero attached hydrogens (tertiary/aromatic N) is 1. The number of fused-ring (bicyclic) bond motifs is 1. The predicted octanol–water partition coefficient (Wildman–Crippen LogP) is 3.16. The lowest BCUT2D eigenvalue weighted by atomic mass is 10.1. The molecule has 0 fully saturated rings. The summed E-state index contributed by atoms with van der Waals surface area (Å²) in [7, 11) is 0. The summed E-state index contributed by atoms with van der Waals surface area (Å²) >= 11 is 0. The highest BCUT2D eigenvalue weighted by Gasteiger charge is 2.31. The van der Waals surface area contributed by atoms with E-state index >= 15 is 0 Å². The van der Waals surface area contributed by atoms with Gasteiger partial charge in [-0.25, -0.2) is 9.59 Å². The van der Waals surface area contributed by atoms with E-state index in [-0.39, 0.29) is 0 Å². The molecule has 0 N–H and O–H groups in total. The number of rotatable bonds is 7. The lowest BCUT2D eigenvalue weighted by Crippen LogP contribution is -2.02. The highest BCUT2D eigenvalue weighted by molar-refractivity contribution is 6.14. The molecule has 0 amide bonds. The first-order valence-electron chi connectivity index (χ1n) is 6.68. The van der Waals surface area contributed by atoms with E-state index < -0.39 is 11.9 Å². The Kier molecular flexibility index (Phi) is 4.18. The van der Waals surface area contributed by atoms with Crippen LogP contribution in [0.1, 0.15) is 66.2 Å². The van der Waals surface area contributed by atoms with Gasteiger partial charge in [0.1, 0.15) is 0 Å². The molecule has 0 bridgehead atoms. The number of hydrogen-bond donors (Lipinski definition) is 0. The summed E-state index contributed by atoms with van der Waals surface area (Å²) < 4.78 is 6.42. The van der Waals surface area contributed by atoms with E-state index in [0.29, 0.717) is 11.1 Å². The summed E-state index contributed by atoms with van der Waals surface area (Å²) in [5.41, 5.74) is 0.817. The van der Waals surface area contributed by atoms with Crippen molar-refractivity contribution in [3.05, 3.63) is 23.5 Å². The molecule has 2 heterocycles. The zero-order valence-electron chi connectivity index (χ0n) is 10.8. The van der Waals surface area contributed by atoms with Gasteiger partial charge in [-0.05, 0) is 6.42 Å². The minimum absolute atomic E-state index is 0.408. The second kappa shape index (κ2) is 5.85. The number of unbranched alkanes of at least 4 members (excludes halogenated alkanes) is 5. The minimum Gasteiger partial charge on any atom is -0.386 e. The van der Waals surface area contributed by atoms with Gasteiger partial charge in [0.25, 0.3) is 0 Å². The third-order valence-electron chi connectivity index (χ3n) is 3.28. The van der Waals surface area contributed by atoms with Crippen LogP contribution in [0, 0.1) is 0 Å². The highest BCUT2D eigenvalue weighted by atomic mass is 16.6. The van der Waals surface area contributed by atoms with E-state index in [4.69, 9.17) is 0 Å². The maximum absolute atomic E-state index is 11.3. The smallest absolute Gasteiger partial charge is 0.348 e. The number of esters is 2. The molecule has 1 aromatic rings. The van der Waals surface area contributed by atoms with Crippen LogP contribution in [0.3, 0.4) is 0 Å². The van der Waals surface area contributed by atoms with Gasteiger partial charge in [0.05, 0.1) is 11.1 Å². The van der Waals surface area contributed by atoms with Crippen molar-refractivity contribution in [2.75, 3.05) is 0 Å². The molecule has 1 aliphatic rings. The Bertz CT molecular complexity index is 416. The van der Waals surface area contributed by atoms with Crippen molar-refractivity contribution in [3.63, 3.8) is 0 Å². The average molecular weight is 249 g/mol. The largest absolute Gasteiger partial charge is 0.386 e. The highest BCUT2D eigenvalue weighted by Crippen LogP contribution is 2.21. The van der Waals surface area contributed by atoms with Crippen LogP contribution in [0.4, 0.5) is 0 Å². The van der Waals surface area contributed by atoms with Crippen LogP contribution in [-0.4, -0.2) is 16.5 Å². The second-order valence-electron chi connectivity index (χ2n) is 4.77. The van der Waals surface area contributed by atoms with Crippen molar-refractivity contribution in [2.24, 2.45) is 0 Å². The summed E-state index contributed by atoms with van der Waals surface area (Å²) in [5, 5.41) is 0. The molecule has 0 atom stereocenters. The molecule has 2 rings (SSSR count). The number of carbonyl (C=O) groups is 2. The number of aryl methyl sites for hydroxylation is 1. The van der Waals surface area contributed by atoms with E-state index in [2.05, 4.69) is 11.7 Å². The van der Waals surface area contributed by atoms with E-state index in [1.807, 2.05) is 4.57 Å². The first kappa shape index (κ1) is 12.9. The van der Waals surface area contributed by atoms with Gasteiger partial charge in [0.15, 0.2) is 0 Å². The van der Waals surface area contributed by atoms with Crippen molar-refractivity contribution in [1.82, 2.24) is 4.57 Å². The minimum atomic E-state index is -0.517. The van der Waals surface area contributed by atoms with Crippen LogP contribution >= 0.6 is 0 Å². The van der Waals surface area contributed by atoms with E-state index in [0.717, 1.165) is 13.0 Å². The Balaban J connectivity index is 1.78. The van der Waals surface area contributed by atoms with Crippen LogP contribution in [0.25, 0.3) is 0 Å². The Labute approximate surface area is 107 Å². The molecule has 4 heteroatoms. The van der Waals surface area contributed by atoms with Gasteiger partial charge in [-0.15, -0.1) is 0 Å². The maximum Gasteiger partial charge on any atom is 0.348 e. The van der Waals surface area contributed by atoms with Gasteiger partial charge in [-0.2, -0.15) is 0 Å². The SMILES string of the molecule is CCCCCCCCn1cc2c(c1)C(=O)OC2=O. The maximum atomic E-state index is 11.3. The summed E-state index contributed by atoms with van der Waals surface area (Å²) in [4.78, 5) is 22.6. The Morgan fingerprint density at radius 2 is 1.50 bits per heavy atom. The van der Waals surface area contributed by atoms with E-state index in [1.165, 1.54) is 32.1 Å². The van der Waals surface area contributed by atoms with Crippen LogP contribution < -0.4 is 0 Å². The van der Waals surface area contributed by atoms with Gasteiger partial charge in [-0.3, -0.25) is 0 Å². The molecule has 0 spiro atoms. The fourth-order valence-corrected chi connectivity index (χ4v) is 2.23. The molecular weight excluding hydrogens is 230 g/mol. The van der Waals surface area contributed by atoms with Crippen LogP contribution in [-0.2, 0) is 11.3 Å². The Hall–Kier alpha value is -1.58. The standard InChI is InChI=1S/C14H19NO3/c1-2-3-4-5-6-7-8-15-9-11-12(10-15)14(17)18-13(11)16/h9-10H,2-8H2,1H3. The molecule has 0 aromatic carbocycles. The summed E-state index contributed by atoms with van der Waals surface area (Å²) in [5.74, 6) is -1.03. The van der Waals surface area contributed by atoms with E-state index in [1.54, 1.807) is 12.4 Å². The molecule has 0 saturated heterocycles. The van der Waals surface area contributed by atoms with Crippen LogP contribution in [0.2, 0.25) is 0 Å². The van der Waals surface area contributed by atoms with Gasteiger partial charge in [0, 0.05) is 18.9 Å². The van der Waals surface area contributed by atoms with Crippen molar-refractivity contribution in [2.45, 2.75) is 52.0 Å². The molecule has 0 unspecified atom stereocenters. The first-order valence-corrected chi connectivity index (χ1v) is 6.68. The number of cyclic esters (lactones) is 2. The number of carbonyl (C=O) groups excluding carboxylic acids is 2. The van der Waals surface area contributed by atoms with Crippen LogP contribution in [0.15, 0.2) is 12.4 Å². The first-order chi connectivity index (χ1) is 8.72. The van der Waals surface area contributed by atoms with Gasteiger partial charge < -0.3 is 9.30 Å². The van der Waals surface area contributed by atoms with Gasteiger partial charge in [0.2, 0.25) is 0 Å². The van der Waals surface area contributed by atoms with Crippen molar-refractivity contribution < 1.29 is 14.3 Å². The molecule has 0 radical (unpaired) electrons. The number of aromatic nitrogens is 1. The molecule has 1 aromatic heterocycles. The molecule has 1 aliphatic heterocycles. The lowest BCUT2D eigenvalue weighted by molar-refractivity contribution is 0.0442. The average Bonchev–Trinajstić information content (AvgIpc) is 2.87. The monoisotopic (exact) mass is 249 g/mol. The molecule has 0 saturated carbocycles. The van der Waals surface area contributed by atoms with E-state index in [9.17, 15) is 9.59 Å². The fraction of sp³-hybridized carbons (Fsp3) is 0.571. The lowest BCUT2D eigenvalue weighted by Gasteiger charge is -2.03. The Morgan fingerprint density at radius 1 is 0.944 bits per heavy atom. The second-order valence-corrected chi connectivity index (χ2v) is 4.77. The third kappa shape index (κ3) is 2.81. The predicted molar refractivity (Wildman–Crippen MR) is 67.6 cm³/mol. The van der Waals surface area contributed by atoms with Gasteiger partial charge in [-0.1, -0.05) is 39.0 Å². The summed E-state index contributed by atoms with van der Waals surface area (Å²) in [6.45, 7) is 3.07. The van der Waals surface area contributed by atoms with Crippen molar-refractivity contribution in [3.8, 4) is 0 Å². The molecule has 0 aliphatic carbocycles. The normalized spacial score (nSPS) is 13.8. The molecular formula is C14H19NO3. The zero-order valence-corrected chi connectivity index (χ0v) is 10.8. The van der Waals surface area contributed by atoms with Crippen LogP contribution in [0.5, 0.6) is 0 Å². The topological polar surface area (TPSA) is 48.3 Å². The quantitative estimate of drug-likeness (QED) is 0.423. The molecule has 4 nitrogen and oxygen atoms in total. The summed E-state index contributed by atoms with van der Waals surface area (Å²) in [6.07, 6.45) is 10.8. The Morgan fingerprint density at radius 3 is 2.11 bits per heavy atom. The van der Waals surface area contributed by atoms with Crippen molar-refractivity contribution >= 4 is 11.9 Å². The molecule has 18 heavy (non-hydrogen) atoms.